The first-order valence-corrected chi connectivity index (χ1v) is 4.87. The molecule has 108 valence electrons. The van der Waals surface area contributed by atoms with Gasteiger partial charge in [-0.3, -0.25) is 0 Å². The van der Waals surface area contributed by atoms with Gasteiger partial charge in [0.25, 0.3) is 0 Å². The molecule has 0 heterocycles. The highest BCUT2D eigenvalue weighted by atomic mass is 16.4. The number of hydrogen-bond donors (Lipinski definition) is 4. The molecule has 0 aromatic carbocycles. The lowest BCUT2D eigenvalue weighted by Crippen LogP contribution is -1.86. The lowest BCUT2D eigenvalue weighted by Gasteiger charge is -1.75. The first kappa shape index (κ1) is 19.2. The maximum absolute atomic E-state index is 9.78. The van der Waals surface area contributed by atoms with Gasteiger partial charge in [0, 0.05) is 24.3 Å². The molecule has 0 spiro atoms. The zero-order valence-corrected chi connectivity index (χ0v) is 10.0. The van der Waals surface area contributed by atoms with E-state index in [1.54, 1.807) is 0 Å². The molecule has 0 aliphatic heterocycles. The van der Waals surface area contributed by atoms with Gasteiger partial charge in [0.05, 0.1) is 0 Å². The molecule has 0 fully saturated rings. The highest BCUT2D eigenvalue weighted by Crippen LogP contribution is 1.77. The Morgan fingerprint density at radius 1 is 0.450 bits per heavy atom. The molecule has 0 unspecified atom stereocenters. The number of carboxylic acid groups (broad SMARTS) is 4. The van der Waals surface area contributed by atoms with Gasteiger partial charge in [0.15, 0.2) is 0 Å². The van der Waals surface area contributed by atoms with Crippen LogP contribution in [0.4, 0.5) is 0 Å². The molecule has 8 heteroatoms. The minimum Gasteiger partial charge on any atom is -0.478 e. The van der Waals surface area contributed by atoms with Crippen LogP contribution < -0.4 is 0 Å². The average molecular weight is 284 g/mol. The molecule has 20 heavy (non-hydrogen) atoms. The summed E-state index contributed by atoms with van der Waals surface area (Å²) >= 11 is 0. The van der Waals surface area contributed by atoms with Crippen molar-refractivity contribution in [1.82, 2.24) is 0 Å². The molecule has 0 bridgehead atoms. The molecule has 8 nitrogen and oxygen atoms in total. The zero-order chi connectivity index (χ0) is 16.0. The Morgan fingerprint density at radius 3 is 0.700 bits per heavy atom. The number of aliphatic carboxylic acids is 4. The third kappa shape index (κ3) is 24.2. The molecular formula is C12H12O8. The standard InChI is InChI=1S/2C6H6O4/c2*7-5(8)3-1-2-4-6(9)10/h2*1-4H,(H,7,8)(H,9,10)/b2*3-1+,4-2+. The van der Waals surface area contributed by atoms with Crippen molar-refractivity contribution in [3.8, 4) is 0 Å². The van der Waals surface area contributed by atoms with Crippen molar-refractivity contribution in [1.29, 1.82) is 0 Å². The molecule has 0 atom stereocenters. The van der Waals surface area contributed by atoms with Gasteiger partial charge in [-0.2, -0.15) is 0 Å². The Kier molecular flexibility index (Phi) is 11.8. The molecule has 0 aromatic rings. The van der Waals surface area contributed by atoms with Crippen LogP contribution >= 0.6 is 0 Å². The fourth-order valence-electron chi connectivity index (χ4n) is 0.551. The summed E-state index contributed by atoms with van der Waals surface area (Å²) in [7, 11) is 0. The Hall–Kier alpha value is -3.16. The molecule has 0 aliphatic carbocycles. The van der Waals surface area contributed by atoms with Gasteiger partial charge in [-0.05, 0) is 0 Å². The fourth-order valence-corrected chi connectivity index (χ4v) is 0.551. The van der Waals surface area contributed by atoms with Gasteiger partial charge in [0.1, 0.15) is 0 Å². The number of carboxylic acids is 4. The van der Waals surface area contributed by atoms with E-state index in [0.29, 0.717) is 0 Å². The predicted molar refractivity (Wildman–Crippen MR) is 67.1 cm³/mol. The summed E-state index contributed by atoms with van der Waals surface area (Å²) in [6, 6.07) is 0. The Labute approximate surface area is 113 Å². The maximum Gasteiger partial charge on any atom is 0.328 e. The summed E-state index contributed by atoms with van der Waals surface area (Å²) < 4.78 is 0. The second-order valence-electron chi connectivity index (χ2n) is 2.79. The average Bonchev–Trinajstić information content (AvgIpc) is 2.30. The minimum atomic E-state index is -1.10. The van der Waals surface area contributed by atoms with Gasteiger partial charge in [-0.15, -0.1) is 0 Å². The molecule has 0 aliphatic rings. The van der Waals surface area contributed by atoms with Crippen LogP contribution in [0.25, 0.3) is 0 Å². The molecular weight excluding hydrogens is 272 g/mol. The van der Waals surface area contributed by atoms with E-state index in [1.165, 1.54) is 0 Å². The van der Waals surface area contributed by atoms with Crippen LogP contribution in [-0.4, -0.2) is 44.3 Å². The number of allylic oxidation sites excluding steroid dienone is 4. The molecule has 0 amide bonds. The highest BCUT2D eigenvalue weighted by Gasteiger charge is 1.84. The molecule has 0 radical (unpaired) electrons. The van der Waals surface area contributed by atoms with Crippen LogP contribution in [-0.2, 0) is 19.2 Å². The summed E-state index contributed by atoms with van der Waals surface area (Å²) in [5, 5.41) is 32.0. The summed E-state index contributed by atoms with van der Waals surface area (Å²) in [5.41, 5.74) is 0. The van der Waals surface area contributed by atoms with Crippen LogP contribution in [0.5, 0.6) is 0 Å². The van der Waals surface area contributed by atoms with E-state index in [-0.39, 0.29) is 0 Å². The van der Waals surface area contributed by atoms with Crippen LogP contribution in [0.15, 0.2) is 48.6 Å². The van der Waals surface area contributed by atoms with Gasteiger partial charge < -0.3 is 20.4 Å². The largest absolute Gasteiger partial charge is 0.478 e. The second-order valence-corrected chi connectivity index (χ2v) is 2.79. The zero-order valence-electron chi connectivity index (χ0n) is 10.0. The molecule has 0 rings (SSSR count). The van der Waals surface area contributed by atoms with E-state index < -0.39 is 23.9 Å². The van der Waals surface area contributed by atoms with Gasteiger partial charge in [0.2, 0.25) is 0 Å². The highest BCUT2D eigenvalue weighted by molar-refractivity contribution is 5.83. The fraction of sp³-hybridized carbons (Fsp3) is 0. The third-order valence-electron chi connectivity index (χ3n) is 1.18. The molecule has 4 N–H and O–H groups in total. The summed E-state index contributed by atoms with van der Waals surface area (Å²) in [4.78, 5) is 39.1. The number of carbonyl (C=O) groups is 4. The van der Waals surface area contributed by atoms with Crippen LogP contribution in [0.2, 0.25) is 0 Å². The van der Waals surface area contributed by atoms with E-state index >= 15 is 0 Å². The van der Waals surface area contributed by atoms with E-state index in [4.69, 9.17) is 20.4 Å². The molecule has 0 saturated heterocycles. The normalized spacial score (nSPS) is 10.8. The van der Waals surface area contributed by atoms with E-state index in [0.717, 1.165) is 48.6 Å². The number of hydrogen-bond acceptors (Lipinski definition) is 4. The second kappa shape index (κ2) is 12.3. The Morgan fingerprint density at radius 2 is 0.600 bits per heavy atom. The van der Waals surface area contributed by atoms with Crippen molar-refractivity contribution in [3.63, 3.8) is 0 Å². The monoisotopic (exact) mass is 284 g/mol. The van der Waals surface area contributed by atoms with Gasteiger partial charge >= 0.3 is 23.9 Å². The van der Waals surface area contributed by atoms with Crippen molar-refractivity contribution in [2.45, 2.75) is 0 Å². The van der Waals surface area contributed by atoms with Crippen LogP contribution in [0.3, 0.4) is 0 Å². The quantitative estimate of drug-likeness (QED) is 0.407. The summed E-state index contributed by atoms with van der Waals surface area (Å²) in [6.45, 7) is 0. The van der Waals surface area contributed by atoms with Crippen LogP contribution in [0, 0.1) is 0 Å². The van der Waals surface area contributed by atoms with E-state index in [2.05, 4.69) is 0 Å². The Balaban J connectivity index is 0. The lowest BCUT2D eigenvalue weighted by molar-refractivity contribution is -0.132. The van der Waals surface area contributed by atoms with E-state index in [1.807, 2.05) is 0 Å². The van der Waals surface area contributed by atoms with E-state index in [9.17, 15) is 19.2 Å². The van der Waals surface area contributed by atoms with Crippen molar-refractivity contribution >= 4 is 23.9 Å². The minimum absolute atomic E-state index is 0.847. The van der Waals surface area contributed by atoms with Gasteiger partial charge in [-0.1, -0.05) is 24.3 Å². The third-order valence-corrected chi connectivity index (χ3v) is 1.18. The topological polar surface area (TPSA) is 149 Å². The van der Waals surface area contributed by atoms with Crippen molar-refractivity contribution in [2.75, 3.05) is 0 Å². The maximum atomic E-state index is 9.78. The molecule has 0 aromatic heterocycles. The first-order chi connectivity index (χ1) is 9.25. The van der Waals surface area contributed by atoms with Crippen molar-refractivity contribution in [3.05, 3.63) is 48.6 Å². The Bertz CT molecular complexity index is 380. The van der Waals surface area contributed by atoms with Crippen molar-refractivity contribution < 1.29 is 39.6 Å². The summed E-state index contributed by atoms with van der Waals surface area (Å²) in [6.07, 6.45) is 7.93. The first-order valence-electron chi connectivity index (χ1n) is 4.87. The van der Waals surface area contributed by atoms with Crippen LogP contribution in [0.1, 0.15) is 0 Å². The van der Waals surface area contributed by atoms with Crippen molar-refractivity contribution in [2.24, 2.45) is 0 Å². The summed E-state index contributed by atoms with van der Waals surface area (Å²) in [5.74, 6) is -4.41. The lowest BCUT2D eigenvalue weighted by atomic mass is 10.4. The smallest absolute Gasteiger partial charge is 0.328 e. The van der Waals surface area contributed by atoms with Gasteiger partial charge in [-0.25, -0.2) is 19.2 Å². The molecule has 0 saturated carbocycles. The predicted octanol–water partition coefficient (Wildman–Crippen LogP) is 0.536. The SMILES string of the molecule is O=C(O)/C=C/C=C/C(=O)O.O=C(O)/C=C/C=C/C(=O)O. The number of rotatable bonds is 6.